The summed E-state index contributed by atoms with van der Waals surface area (Å²) in [7, 11) is 0. The fraction of sp³-hybridized carbons (Fsp3) is 0.205. The summed E-state index contributed by atoms with van der Waals surface area (Å²) in [5.41, 5.74) is 20.5. The first-order valence-corrected chi connectivity index (χ1v) is 17.0. The van der Waals surface area contributed by atoms with Crippen LogP contribution in [0.5, 0.6) is 0 Å². The molecule has 5 heterocycles. The highest BCUT2D eigenvalue weighted by Crippen LogP contribution is 2.39. The molecule has 236 valence electrons. The second-order valence-electron chi connectivity index (χ2n) is 14.4. The molecule has 3 N–H and O–H groups in total. The zero-order valence-electron chi connectivity index (χ0n) is 29.0. The Morgan fingerprint density at radius 1 is 0.479 bits per heavy atom. The van der Waals surface area contributed by atoms with Crippen LogP contribution in [0.15, 0.2) is 53.5 Å². The standard InChI is InChI=1S/C44H40N4/c1-21-9-29-30(10-22(21)2)38-18-40-33-13-25(5)26(6)14-34(33)42(47-40)20-44-36-16-28(8)27(7)15-35(36)43(48-44)19-41-32-12-24(4)23(3)11-31(32)39(46-41)17-37(29)45-38/h9-20,37,45-47H,1-8H3/b38-18-,39-17-,41-19-,44-20-. The van der Waals surface area contributed by atoms with Crippen molar-refractivity contribution in [1.82, 2.24) is 15.3 Å². The maximum atomic E-state index is 5.37. The first-order valence-electron chi connectivity index (χ1n) is 17.0. The van der Waals surface area contributed by atoms with Crippen molar-refractivity contribution in [2.24, 2.45) is 4.99 Å². The molecule has 2 aromatic heterocycles. The van der Waals surface area contributed by atoms with E-state index in [2.05, 4.69) is 144 Å². The second kappa shape index (κ2) is 10.1. The van der Waals surface area contributed by atoms with Gasteiger partial charge in [-0.3, -0.25) is 0 Å². The van der Waals surface area contributed by atoms with Gasteiger partial charge in [0.05, 0.1) is 17.5 Å². The van der Waals surface area contributed by atoms with Gasteiger partial charge in [-0.05, 0) is 172 Å². The van der Waals surface area contributed by atoms with E-state index < -0.39 is 0 Å². The Morgan fingerprint density at radius 2 is 1.00 bits per heavy atom. The van der Waals surface area contributed by atoms with Crippen molar-refractivity contribution >= 4 is 63.0 Å². The van der Waals surface area contributed by atoms with Crippen molar-refractivity contribution in [3.8, 4) is 0 Å². The van der Waals surface area contributed by atoms with E-state index in [1.165, 1.54) is 88.3 Å². The molecule has 0 saturated heterocycles. The third-order valence-corrected chi connectivity index (χ3v) is 11.2. The van der Waals surface area contributed by atoms with Gasteiger partial charge in [0.15, 0.2) is 0 Å². The molecule has 0 aliphatic carbocycles. The van der Waals surface area contributed by atoms with Crippen LogP contribution in [0.25, 0.3) is 57.2 Å². The second-order valence-corrected chi connectivity index (χ2v) is 14.4. The third kappa shape index (κ3) is 4.25. The zero-order chi connectivity index (χ0) is 33.2. The topological polar surface area (TPSA) is 56.0 Å². The fourth-order valence-electron chi connectivity index (χ4n) is 7.75. The number of fused-ring (bicyclic) bond motifs is 19. The highest BCUT2D eigenvalue weighted by Gasteiger charge is 2.27. The van der Waals surface area contributed by atoms with E-state index in [-0.39, 0.29) is 6.04 Å². The van der Waals surface area contributed by atoms with Crippen molar-refractivity contribution in [3.05, 3.63) is 137 Å². The first-order chi connectivity index (χ1) is 23.0. The zero-order valence-corrected chi connectivity index (χ0v) is 29.0. The lowest BCUT2D eigenvalue weighted by Gasteiger charge is -2.09. The lowest BCUT2D eigenvalue weighted by Crippen LogP contribution is -2.17. The summed E-state index contributed by atoms with van der Waals surface area (Å²) >= 11 is 0. The number of aryl methyl sites for hydroxylation is 8. The third-order valence-electron chi connectivity index (χ3n) is 11.2. The van der Waals surface area contributed by atoms with E-state index in [0.717, 1.165) is 39.2 Å². The molecule has 3 aliphatic rings. The molecule has 6 aromatic rings. The summed E-state index contributed by atoms with van der Waals surface area (Å²) in [5.74, 6) is 0. The summed E-state index contributed by atoms with van der Waals surface area (Å²) in [6.07, 6.45) is 9.21. The molecule has 1 atom stereocenters. The molecule has 9 rings (SSSR count). The summed E-state index contributed by atoms with van der Waals surface area (Å²) in [6, 6.07) is 18.7. The van der Waals surface area contributed by atoms with Gasteiger partial charge in [-0.1, -0.05) is 6.07 Å². The van der Waals surface area contributed by atoms with Gasteiger partial charge in [0, 0.05) is 66.0 Å². The van der Waals surface area contributed by atoms with Gasteiger partial charge in [-0.2, -0.15) is 0 Å². The van der Waals surface area contributed by atoms with Crippen molar-refractivity contribution in [3.63, 3.8) is 0 Å². The number of rotatable bonds is 0. The Hall–Kier alpha value is -5.35. The summed E-state index contributed by atoms with van der Waals surface area (Å²) in [5, 5.41) is 11.1. The number of nitrogens with zero attached hydrogens (tertiary/aromatic N) is 1. The average Bonchev–Trinajstić information content (AvgIpc) is 3.74. The monoisotopic (exact) mass is 624 g/mol. The molecule has 8 bridgehead atoms. The molecule has 4 nitrogen and oxygen atoms in total. The molecule has 0 fully saturated rings. The van der Waals surface area contributed by atoms with Crippen LogP contribution in [0.2, 0.25) is 0 Å². The molecule has 3 aliphatic heterocycles. The van der Waals surface area contributed by atoms with Crippen LogP contribution < -0.4 is 16.0 Å². The maximum absolute atomic E-state index is 5.37. The fourth-order valence-corrected chi connectivity index (χ4v) is 7.75. The Bertz CT molecular complexity index is 2660. The van der Waals surface area contributed by atoms with Crippen LogP contribution in [0.1, 0.15) is 84.2 Å². The lowest BCUT2D eigenvalue weighted by molar-refractivity contribution is 0.850. The quantitative estimate of drug-likeness (QED) is 0.155. The highest BCUT2D eigenvalue weighted by molar-refractivity contribution is 6.28. The normalized spacial score (nSPS) is 19.8. The van der Waals surface area contributed by atoms with Crippen molar-refractivity contribution in [2.75, 3.05) is 0 Å². The molecule has 4 aromatic carbocycles. The number of aromatic amines is 2. The van der Waals surface area contributed by atoms with Crippen molar-refractivity contribution < 1.29 is 0 Å². The number of H-pyrrole nitrogens is 2. The number of hydrogen-bond donors (Lipinski definition) is 3. The van der Waals surface area contributed by atoms with E-state index in [9.17, 15) is 0 Å². The van der Waals surface area contributed by atoms with Gasteiger partial charge in [0.2, 0.25) is 0 Å². The van der Waals surface area contributed by atoms with E-state index in [0.29, 0.717) is 0 Å². The molecule has 0 radical (unpaired) electrons. The van der Waals surface area contributed by atoms with Gasteiger partial charge >= 0.3 is 0 Å². The first kappa shape index (κ1) is 28.8. The summed E-state index contributed by atoms with van der Waals surface area (Å²) < 4.78 is 0. The highest BCUT2D eigenvalue weighted by atomic mass is 15.0. The van der Waals surface area contributed by atoms with Crippen LogP contribution in [0.3, 0.4) is 0 Å². The van der Waals surface area contributed by atoms with E-state index in [1.54, 1.807) is 0 Å². The van der Waals surface area contributed by atoms with Crippen LogP contribution in [-0.4, -0.2) is 15.7 Å². The van der Waals surface area contributed by atoms with Crippen molar-refractivity contribution in [2.45, 2.75) is 61.4 Å². The molecule has 4 heteroatoms. The number of aliphatic imine (C=N–C) groups is 1. The summed E-state index contributed by atoms with van der Waals surface area (Å²) in [6.45, 7) is 17.6. The van der Waals surface area contributed by atoms with Crippen LogP contribution in [0.4, 0.5) is 0 Å². The Kier molecular flexibility index (Phi) is 6.05. The van der Waals surface area contributed by atoms with Crippen LogP contribution >= 0.6 is 0 Å². The molecular formula is C44H40N4. The predicted molar refractivity (Wildman–Crippen MR) is 204 cm³/mol. The van der Waals surface area contributed by atoms with Gasteiger partial charge in [0.1, 0.15) is 0 Å². The smallest absolute Gasteiger partial charge is 0.0737 e. The number of benzene rings is 4. The van der Waals surface area contributed by atoms with E-state index >= 15 is 0 Å². The Morgan fingerprint density at radius 3 is 1.67 bits per heavy atom. The minimum absolute atomic E-state index is 0.0149. The van der Waals surface area contributed by atoms with E-state index in [1.807, 2.05) is 0 Å². The minimum Gasteiger partial charge on any atom is -0.374 e. The molecule has 1 unspecified atom stereocenters. The predicted octanol–water partition coefficient (Wildman–Crippen LogP) is 8.83. The molecule has 0 saturated carbocycles. The van der Waals surface area contributed by atoms with Crippen LogP contribution in [-0.2, 0) is 0 Å². The average molecular weight is 625 g/mol. The molecule has 0 spiro atoms. The van der Waals surface area contributed by atoms with Crippen LogP contribution in [0, 0.1) is 55.4 Å². The maximum Gasteiger partial charge on any atom is 0.0737 e. The van der Waals surface area contributed by atoms with Gasteiger partial charge in [-0.15, -0.1) is 0 Å². The Labute approximate surface area is 281 Å². The largest absolute Gasteiger partial charge is 0.374 e. The molecule has 48 heavy (non-hydrogen) atoms. The summed E-state index contributed by atoms with van der Waals surface area (Å²) in [4.78, 5) is 13.1. The van der Waals surface area contributed by atoms with Gasteiger partial charge in [0.25, 0.3) is 0 Å². The number of aromatic nitrogens is 2. The van der Waals surface area contributed by atoms with Crippen molar-refractivity contribution in [1.29, 1.82) is 0 Å². The van der Waals surface area contributed by atoms with E-state index in [4.69, 9.17) is 4.99 Å². The molecular weight excluding hydrogens is 585 g/mol. The lowest BCUT2D eigenvalue weighted by atomic mass is 9.96. The molecule has 0 amide bonds. The number of hydrogen-bond acceptors (Lipinski definition) is 2. The minimum atomic E-state index is 0.0149. The Balaban J connectivity index is 1.43. The van der Waals surface area contributed by atoms with Gasteiger partial charge < -0.3 is 15.3 Å². The van der Waals surface area contributed by atoms with Gasteiger partial charge in [-0.25, -0.2) is 4.99 Å². The number of nitrogens with one attached hydrogen (secondary N) is 3. The SMILES string of the molecule is Cc1cc2c(cc1C)/C1=C/c3[nH]c(c4cc(C)c(C)cc34)/C=C3\NC(/C=c4\[nH]/c(c5cc(C)c(C)cc45)=C\C2=N1)c1cc(C)c(C)cc13.